The number of allylic oxidation sites excluding steroid dienone is 1. The molecule has 0 saturated heterocycles. The monoisotopic (exact) mass is 332 g/mol. The predicted molar refractivity (Wildman–Crippen MR) is 85.6 cm³/mol. The molecule has 0 unspecified atom stereocenters. The summed E-state index contributed by atoms with van der Waals surface area (Å²) < 4.78 is 9.78. The normalized spacial score (nSPS) is 17.3. The van der Waals surface area contributed by atoms with Crippen molar-refractivity contribution in [3.05, 3.63) is 40.4 Å². The van der Waals surface area contributed by atoms with E-state index in [4.69, 9.17) is 4.74 Å². The first kappa shape index (κ1) is 16.9. The number of ether oxygens (including phenoxy) is 2. The average Bonchev–Trinajstić information content (AvgIpc) is 2.59. The summed E-state index contributed by atoms with van der Waals surface area (Å²) in [5, 5.41) is 12.6. The van der Waals surface area contributed by atoms with Gasteiger partial charge in [-0.3, -0.25) is 9.59 Å². The number of methoxy groups -OCH3 is 2. The lowest BCUT2D eigenvalue weighted by Crippen LogP contribution is -2.31. The van der Waals surface area contributed by atoms with Gasteiger partial charge in [0.25, 0.3) is 0 Å². The number of nitrogens with one attached hydrogen (secondary N) is 1. The number of nitrogens with zero attached hydrogens (tertiary/aromatic N) is 1. The molecule has 1 aliphatic heterocycles. The molecule has 1 aromatic rings. The number of carbonyl (C=O) groups is 2. The zero-order valence-corrected chi connectivity index (χ0v) is 13.6. The van der Waals surface area contributed by atoms with Crippen LogP contribution in [0.15, 0.2) is 34.9 Å². The molecule has 0 aromatic heterocycles. The molecule has 2 rings (SSSR count). The standard InChI is InChI=1S/C16H16N2O4S/c1-21-11-5-3-4-10(6-11)12-7-14(19)18-16(13(12)8-17)23-9-15(20)22-2/h3-6,12H,7,9H2,1-2H3,(H,18,19)/t12-/m0/s1. The highest BCUT2D eigenvalue weighted by Gasteiger charge is 2.30. The highest BCUT2D eigenvalue weighted by molar-refractivity contribution is 8.03. The molecule has 0 spiro atoms. The number of amides is 1. The Labute approximate surface area is 138 Å². The fraction of sp³-hybridized carbons (Fsp3) is 0.312. The van der Waals surface area contributed by atoms with Crippen LogP contribution in [-0.2, 0) is 14.3 Å². The molecule has 7 heteroatoms. The van der Waals surface area contributed by atoms with Crippen LogP contribution in [-0.4, -0.2) is 31.8 Å². The fourth-order valence-corrected chi connectivity index (χ4v) is 3.18. The minimum absolute atomic E-state index is 0.0299. The summed E-state index contributed by atoms with van der Waals surface area (Å²) in [6.45, 7) is 0. The van der Waals surface area contributed by atoms with E-state index in [1.807, 2.05) is 18.2 Å². The van der Waals surface area contributed by atoms with Gasteiger partial charge in [0.05, 0.1) is 36.6 Å². The molecule has 0 aliphatic carbocycles. The van der Waals surface area contributed by atoms with Crippen LogP contribution < -0.4 is 10.1 Å². The van der Waals surface area contributed by atoms with Crippen molar-refractivity contribution < 1.29 is 19.1 Å². The van der Waals surface area contributed by atoms with Gasteiger partial charge in [-0.05, 0) is 17.7 Å². The van der Waals surface area contributed by atoms with Crippen molar-refractivity contribution >= 4 is 23.6 Å². The second-order valence-electron chi connectivity index (χ2n) is 4.80. The van der Waals surface area contributed by atoms with E-state index in [-0.39, 0.29) is 24.0 Å². The van der Waals surface area contributed by atoms with Crippen LogP contribution in [0.2, 0.25) is 0 Å². The molecule has 1 N–H and O–H groups in total. The van der Waals surface area contributed by atoms with Gasteiger partial charge in [0.15, 0.2) is 0 Å². The summed E-state index contributed by atoms with van der Waals surface area (Å²) in [5.41, 5.74) is 1.26. The lowest BCUT2D eigenvalue weighted by Gasteiger charge is -2.25. The minimum Gasteiger partial charge on any atom is -0.497 e. The lowest BCUT2D eigenvalue weighted by atomic mass is 9.87. The van der Waals surface area contributed by atoms with E-state index in [1.165, 1.54) is 7.11 Å². The van der Waals surface area contributed by atoms with E-state index in [0.29, 0.717) is 16.4 Å². The van der Waals surface area contributed by atoms with Gasteiger partial charge in [-0.25, -0.2) is 0 Å². The quantitative estimate of drug-likeness (QED) is 0.829. The maximum Gasteiger partial charge on any atom is 0.316 e. The van der Waals surface area contributed by atoms with Crippen molar-refractivity contribution in [3.63, 3.8) is 0 Å². The second kappa shape index (κ2) is 7.70. The van der Waals surface area contributed by atoms with Crippen LogP contribution in [0.4, 0.5) is 0 Å². The van der Waals surface area contributed by atoms with Gasteiger partial charge in [0, 0.05) is 12.3 Å². The number of hydrogen-bond acceptors (Lipinski definition) is 6. The molecule has 1 atom stereocenters. The number of carbonyl (C=O) groups excluding carboxylic acids is 2. The van der Waals surface area contributed by atoms with Gasteiger partial charge in [0.1, 0.15) is 5.75 Å². The third-order valence-corrected chi connectivity index (χ3v) is 4.40. The van der Waals surface area contributed by atoms with Crippen molar-refractivity contribution in [3.8, 4) is 11.8 Å². The van der Waals surface area contributed by atoms with Crippen molar-refractivity contribution in [2.75, 3.05) is 20.0 Å². The van der Waals surface area contributed by atoms with Crippen LogP contribution >= 0.6 is 11.8 Å². The molecule has 1 aromatic carbocycles. The smallest absolute Gasteiger partial charge is 0.316 e. The predicted octanol–water partition coefficient (Wildman–Crippen LogP) is 1.94. The Hall–Kier alpha value is -2.46. The zero-order valence-electron chi connectivity index (χ0n) is 12.8. The molecule has 0 saturated carbocycles. The number of hydrogen-bond donors (Lipinski definition) is 1. The molecule has 1 aliphatic rings. The minimum atomic E-state index is -0.419. The molecular weight excluding hydrogens is 316 g/mol. The first-order valence-corrected chi connectivity index (χ1v) is 7.85. The molecule has 0 fully saturated rings. The summed E-state index contributed by atoms with van der Waals surface area (Å²) in [7, 11) is 2.85. The van der Waals surface area contributed by atoms with Gasteiger partial charge in [-0.2, -0.15) is 5.26 Å². The molecule has 0 bridgehead atoms. The van der Waals surface area contributed by atoms with Crippen LogP contribution in [0.3, 0.4) is 0 Å². The number of esters is 1. The first-order chi connectivity index (χ1) is 11.1. The molecule has 6 nitrogen and oxygen atoms in total. The van der Waals surface area contributed by atoms with E-state index in [0.717, 1.165) is 17.3 Å². The molecule has 1 amide bonds. The van der Waals surface area contributed by atoms with Crippen molar-refractivity contribution in [1.82, 2.24) is 5.32 Å². The van der Waals surface area contributed by atoms with Crippen LogP contribution in [0.1, 0.15) is 17.9 Å². The summed E-state index contributed by atoms with van der Waals surface area (Å²) in [6.07, 6.45) is 0.179. The Balaban J connectivity index is 2.35. The summed E-state index contributed by atoms with van der Waals surface area (Å²) in [4.78, 5) is 23.3. The lowest BCUT2D eigenvalue weighted by molar-refractivity contribution is -0.137. The van der Waals surface area contributed by atoms with E-state index >= 15 is 0 Å². The molecule has 120 valence electrons. The zero-order chi connectivity index (χ0) is 16.8. The summed E-state index contributed by atoms with van der Waals surface area (Å²) in [6, 6.07) is 9.43. The Morgan fingerprint density at radius 1 is 1.48 bits per heavy atom. The van der Waals surface area contributed by atoms with Gasteiger partial charge >= 0.3 is 5.97 Å². The molecule has 0 radical (unpaired) electrons. The Morgan fingerprint density at radius 3 is 2.91 bits per heavy atom. The van der Waals surface area contributed by atoms with Gasteiger partial charge < -0.3 is 14.8 Å². The van der Waals surface area contributed by atoms with Crippen molar-refractivity contribution in [2.24, 2.45) is 0 Å². The third-order valence-electron chi connectivity index (χ3n) is 3.41. The summed E-state index contributed by atoms with van der Waals surface area (Å²) in [5.74, 6) is -0.275. The SMILES string of the molecule is COC(=O)CSC1=C(C#N)[C@H](c2cccc(OC)c2)CC(=O)N1. The van der Waals surface area contributed by atoms with Crippen molar-refractivity contribution in [2.45, 2.75) is 12.3 Å². The molecule has 1 heterocycles. The van der Waals surface area contributed by atoms with E-state index in [1.54, 1.807) is 13.2 Å². The van der Waals surface area contributed by atoms with Gasteiger partial charge in [0.2, 0.25) is 5.91 Å². The van der Waals surface area contributed by atoms with Gasteiger partial charge in [-0.1, -0.05) is 23.9 Å². The topological polar surface area (TPSA) is 88.4 Å². The Kier molecular flexibility index (Phi) is 5.66. The Morgan fingerprint density at radius 2 is 2.26 bits per heavy atom. The van der Waals surface area contributed by atoms with Crippen LogP contribution in [0.25, 0.3) is 0 Å². The maximum absolute atomic E-state index is 12.0. The number of rotatable bonds is 5. The maximum atomic E-state index is 12.0. The van der Waals surface area contributed by atoms with E-state index in [9.17, 15) is 14.9 Å². The molecular formula is C16H16N2O4S. The molecule has 23 heavy (non-hydrogen) atoms. The number of benzene rings is 1. The Bertz CT molecular complexity index is 694. The largest absolute Gasteiger partial charge is 0.497 e. The van der Waals surface area contributed by atoms with E-state index in [2.05, 4.69) is 16.1 Å². The third kappa shape index (κ3) is 4.05. The number of nitriles is 1. The van der Waals surface area contributed by atoms with Crippen molar-refractivity contribution in [1.29, 1.82) is 5.26 Å². The second-order valence-corrected chi connectivity index (χ2v) is 5.79. The summed E-state index contributed by atoms with van der Waals surface area (Å²) >= 11 is 1.09. The highest BCUT2D eigenvalue weighted by Crippen LogP contribution is 2.36. The fourth-order valence-electron chi connectivity index (χ4n) is 2.27. The first-order valence-electron chi connectivity index (χ1n) is 6.86. The van der Waals surface area contributed by atoms with Crippen LogP contribution in [0.5, 0.6) is 5.75 Å². The highest BCUT2D eigenvalue weighted by atomic mass is 32.2. The number of thioether (sulfide) groups is 1. The van der Waals surface area contributed by atoms with Crippen LogP contribution in [0, 0.1) is 11.3 Å². The average molecular weight is 332 g/mol. The van der Waals surface area contributed by atoms with E-state index < -0.39 is 5.97 Å². The van der Waals surface area contributed by atoms with Gasteiger partial charge in [-0.15, -0.1) is 0 Å².